The van der Waals surface area contributed by atoms with Crippen LogP contribution in [0.25, 0.3) is 0 Å². The maximum Gasteiger partial charge on any atom is 0.272 e. The van der Waals surface area contributed by atoms with Gasteiger partial charge >= 0.3 is 0 Å². The number of nitrogens with zero attached hydrogens (tertiary/aromatic N) is 1. The summed E-state index contributed by atoms with van der Waals surface area (Å²) in [5, 5.41) is 4.71. The van der Waals surface area contributed by atoms with Crippen molar-refractivity contribution in [1.29, 1.82) is 0 Å². The molecule has 0 spiro atoms. The summed E-state index contributed by atoms with van der Waals surface area (Å²) in [6.45, 7) is 2.85. The first-order valence-electron chi connectivity index (χ1n) is 8.11. The van der Waals surface area contributed by atoms with Gasteiger partial charge in [-0.1, -0.05) is 55.1 Å². The number of nitrogens with one attached hydrogen (secondary N) is 1. The van der Waals surface area contributed by atoms with E-state index in [1.807, 2.05) is 24.3 Å². The highest BCUT2D eigenvalue weighted by Crippen LogP contribution is 2.20. The molecule has 4 nitrogen and oxygen atoms in total. The maximum absolute atomic E-state index is 12.1. The fourth-order valence-electron chi connectivity index (χ4n) is 2.13. The van der Waals surface area contributed by atoms with Gasteiger partial charge in [0.2, 0.25) is 0 Å². The second kappa shape index (κ2) is 10.1. The standard InChI is InChI=1S/C19H20Cl2N2O2/c1-2-3-4-10-25-16-7-5-6-14(11-16)13-22-23-19(24)17-9-8-15(20)12-18(17)21/h5-9,11-13H,2-4,10H2,1H3,(H,23,24)/b22-13+. The monoisotopic (exact) mass is 378 g/mol. The Morgan fingerprint density at radius 2 is 2.04 bits per heavy atom. The highest BCUT2D eigenvalue weighted by molar-refractivity contribution is 6.36. The Morgan fingerprint density at radius 1 is 1.20 bits per heavy atom. The second-order valence-corrected chi connectivity index (χ2v) is 6.29. The van der Waals surface area contributed by atoms with Crippen LogP contribution in [0.1, 0.15) is 42.1 Å². The van der Waals surface area contributed by atoms with E-state index in [1.54, 1.807) is 18.3 Å². The smallest absolute Gasteiger partial charge is 0.272 e. The number of halogens is 2. The number of amides is 1. The first-order valence-corrected chi connectivity index (χ1v) is 8.87. The van der Waals surface area contributed by atoms with E-state index in [1.165, 1.54) is 6.07 Å². The SMILES string of the molecule is CCCCCOc1cccc(/C=N/NC(=O)c2ccc(Cl)cc2Cl)c1. The molecule has 132 valence electrons. The van der Waals surface area contributed by atoms with Gasteiger partial charge in [-0.2, -0.15) is 5.10 Å². The average molecular weight is 379 g/mol. The third-order valence-corrected chi connectivity index (χ3v) is 3.98. The topological polar surface area (TPSA) is 50.7 Å². The second-order valence-electron chi connectivity index (χ2n) is 5.45. The first-order chi connectivity index (χ1) is 12.1. The van der Waals surface area contributed by atoms with E-state index in [0.717, 1.165) is 30.6 Å². The summed E-state index contributed by atoms with van der Waals surface area (Å²) >= 11 is 11.8. The van der Waals surface area contributed by atoms with Crippen LogP contribution in [0.3, 0.4) is 0 Å². The number of unbranched alkanes of at least 4 members (excludes halogenated alkanes) is 2. The molecule has 1 N–H and O–H groups in total. The lowest BCUT2D eigenvalue weighted by Gasteiger charge is -2.06. The van der Waals surface area contributed by atoms with Crippen LogP contribution in [0, 0.1) is 0 Å². The minimum absolute atomic E-state index is 0.280. The quantitative estimate of drug-likeness (QED) is 0.383. The first kappa shape index (κ1) is 19.3. The summed E-state index contributed by atoms with van der Waals surface area (Å²) < 4.78 is 5.69. The van der Waals surface area contributed by atoms with Crippen LogP contribution < -0.4 is 10.2 Å². The molecule has 0 saturated heterocycles. The molecule has 0 fully saturated rings. The van der Waals surface area contributed by atoms with Gasteiger partial charge in [0.15, 0.2) is 0 Å². The fraction of sp³-hybridized carbons (Fsp3) is 0.263. The van der Waals surface area contributed by atoms with E-state index in [2.05, 4.69) is 17.5 Å². The highest BCUT2D eigenvalue weighted by atomic mass is 35.5. The van der Waals surface area contributed by atoms with Crippen molar-refractivity contribution in [3.8, 4) is 5.75 Å². The molecule has 0 aromatic heterocycles. The Labute approximate surface area is 157 Å². The zero-order valence-corrected chi connectivity index (χ0v) is 15.5. The molecular weight excluding hydrogens is 359 g/mol. The molecule has 2 aromatic rings. The van der Waals surface area contributed by atoms with E-state index in [0.29, 0.717) is 17.2 Å². The molecule has 1 amide bonds. The van der Waals surface area contributed by atoms with Crippen molar-refractivity contribution >= 4 is 35.3 Å². The third-order valence-electron chi connectivity index (χ3n) is 3.43. The lowest BCUT2D eigenvalue weighted by atomic mass is 10.2. The summed E-state index contributed by atoms with van der Waals surface area (Å²) in [4.78, 5) is 12.1. The van der Waals surface area contributed by atoms with Crippen molar-refractivity contribution in [3.63, 3.8) is 0 Å². The van der Waals surface area contributed by atoms with Crippen LogP contribution in [-0.4, -0.2) is 18.7 Å². The molecule has 0 unspecified atom stereocenters. The molecule has 0 aliphatic carbocycles. The third kappa shape index (κ3) is 6.40. The van der Waals surface area contributed by atoms with Gasteiger partial charge < -0.3 is 4.74 Å². The largest absolute Gasteiger partial charge is 0.494 e. The average Bonchev–Trinajstić information content (AvgIpc) is 2.59. The fourth-order valence-corrected chi connectivity index (χ4v) is 2.62. The lowest BCUT2D eigenvalue weighted by Crippen LogP contribution is -2.18. The number of hydrazone groups is 1. The molecule has 6 heteroatoms. The molecule has 0 atom stereocenters. The number of ether oxygens (including phenoxy) is 1. The molecule has 0 aliphatic rings. The van der Waals surface area contributed by atoms with Gasteiger partial charge in [0.05, 0.1) is 23.4 Å². The normalized spacial score (nSPS) is 10.8. The van der Waals surface area contributed by atoms with Gasteiger partial charge in [0.25, 0.3) is 5.91 Å². The number of carbonyl (C=O) groups is 1. The van der Waals surface area contributed by atoms with Crippen molar-refractivity contribution in [1.82, 2.24) is 5.43 Å². The minimum atomic E-state index is -0.398. The van der Waals surface area contributed by atoms with E-state index in [9.17, 15) is 4.79 Å². The van der Waals surface area contributed by atoms with Gasteiger partial charge in [-0.3, -0.25) is 4.79 Å². The van der Waals surface area contributed by atoms with Crippen LogP contribution in [0.2, 0.25) is 10.0 Å². The highest BCUT2D eigenvalue weighted by Gasteiger charge is 2.09. The van der Waals surface area contributed by atoms with Crippen molar-refractivity contribution < 1.29 is 9.53 Å². The van der Waals surface area contributed by atoms with Crippen molar-refractivity contribution in [2.24, 2.45) is 5.10 Å². The number of carbonyl (C=O) groups excluding carboxylic acids is 1. The molecule has 25 heavy (non-hydrogen) atoms. The van der Waals surface area contributed by atoms with E-state index in [4.69, 9.17) is 27.9 Å². The van der Waals surface area contributed by atoms with E-state index < -0.39 is 5.91 Å². The van der Waals surface area contributed by atoms with Crippen LogP contribution >= 0.6 is 23.2 Å². The van der Waals surface area contributed by atoms with E-state index >= 15 is 0 Å². The van der Waals surface area contributed by atoms with Crippen molar-refractivity contribution in [3.05, 3.63) is 63.6 Å². The Morgan fingerprint density at radius 3 is 2.80 bits per heavy atom. The van der Waals surface area contributed by atoms with E-state index in [-0.39, 0.29) is 5.02 Å². The Balaban J connectivity index is 1.91. The van der Waals surface area contributed by atoms with Crippen molar-refractivity contribution in [2.75, 3.05) is 6.61 Å². The number of rotatable bonds is 8. The molecule has 0 heterocycles. The van der Waals surface area contributed by atoms with Crippen LogP contribution in [0.4, 0.5) is 0 Å². The van der Waals surface area contributed by atoms with Gasteiger partial charge in [-0.05, 0) is 42.3 Å². The summed E-state index contributed by atoms with van der Waals surface area (Å²) in [5.74, 6) is 0.386. The lowest BCUT2D eigenvalue weighted by molar-refractivity contribution is 0.0955. The van der Waals surface area contributed by atoms with Crippen LogP contribution in [0.5, 0.6) is 5.75 Å². The van der Waals surface area contributed by atoms with Crippen LogP contribution in [-0.2, 0) is 0 Å². The van der Waals surface area contributed by atoms with Gasteiger partial charge in [-0.25, -0.2) is 5.43 Å². The number of benzene rings is 2. The molecule has 0 aliphatic heterocycles. The number of hydrogen-bond acceptors (Lipinski definition) is 3. The molecule has 0 bridgehead atoms. The molecular formula is C19H20Cl2N2O2. The predicted molar refractivity (Wildman–Crippen MR) is 103 cm³/mol. The zero-order chi connectivity index (χ0) is 18.1. The van der Waals surface area contributed by atoms with Crippen molar-refractivity contribution in [2.45, 2.75) is 26.2 Å². The number of hydrogen-bond donors (Lipinski definition) is 1. The van der Waals surface area contributed by atoms with Crippen LogP contribution in [0.15, 0.2) is 47.6 Å². The molecule has 0 saturated carbocycles. The summed E-state index contributed by atoms with van der Waals surface area (Å²) in [5.41, 5.74) is 3.59. The van der Waals surface area contributed by atoms with Gasteiger partial charge in [-0.15, -0.1) is 0 Å². The molecule has 2 rings (SSSR count). The summed E-state index contributed by atoms with van der Waals surface area (Å²) in [6, 6.07) is 12.2. The molecule has 2 aromatic carbocycles. The summed E-state index contributed by atoms with van der Waals surface area (Å²) in [7, 11) is 0. The zero-order valence-electron chi connectivity index (χ0n) is 14.0. The van der Waals surface area contributed by atoms with Gasteiger partial charge in [0.1, 0.15) is 5.75 Å². The van der Waals surface area contributed by atoms with Gasteiger partial charge in [0, 0.05) is 5.02 Å². The Hall–Kier alpha value is -2.04. The maximum atomic E-state index is 12.1. The molecule has 0 radical (unpaired) electrons. The Bertz CT molecular complexity index is 748. The summed E-state index contributed by atoms with van der Waals surface area (Å²) in [6.07, 6.45) is 4.90. The predicted octanol–water partition coefficient (Wildman–Crippen LogP) is 5.33. The minimum Gasteiger partial charge on any atom is -0.494 e. The Kier molecular flexibility index (Phi) is 7.76.